The molecule has 1 heterocycles. The summed E-state index contributed by atoms with van der Waals surface area (Å²) in [4.78, 5) is 5.19. The second-order valence-corrected chi connectivity index (χ2v) is 4.24. The predicted octanol–water partition coefficient (Wildman–Crippen LogP) is 1.81. The van der Waals surface area contributed by atoms with Crippen LogP contribution in [0, 0.1) is 0 Å². The molecule has 0 spiro atoms. The normalized spacial score (nSPS) is 29.1. The SMILES string of the molecule is CCC(C)N1CCN(CC)C[C@H]1C. The number of piperazine rings is 1. The van der Waals surface area contributed by atoms with E-state index in [4.69, 9.17) is 0 Å². The highest BCUT2D eigenvalue weighted by atomic mass is 15.3. The molecule has 1 aliphatic heterocycles. The Morgan fingerprint density at radius 1 is 1.31 bits per heavy atom. The molecule has 1 rings (SSSR count). The van der Waals surface area contributed by atoms with Gasteiger partial charge in [0.25, 0.3) is 0 Å². The molecular formula is C11H24N2. The van der Waals surface area contributed by atoms with Crippen LogP contribution in [0.3, 0.4) is 0 Å². The molecular weight excluding hydrogens is 160 g/mol. The minimum Gasteiger partial charge on any atom is -0.301 e. The lowest BCUT2D eigenvalue weighted by Gasteiger charge is -2.42. The van der Waals surface area contributed by atoms with Gasteiger partial charge >= 0.3 is 0 Å². The first-order valence-corrected chi connectivity index (χ1v) is 5.67. The molecule has 0 amide bonds. The van der Waals surface area contributed by atoms with Crippen LogP contribution < -0.4 is 0 Å². The van der Waals surface area contributed by atoms with Gasteiger partial charge in [-0.05, 0) is 26.8 Å². The highest BCUT2D eigenvalue weighted by molar-refractivity contribution is 4.81. The van der Waals surface area contributed by atoms with Gasteiger partial charge in [-0.2, -0.15) is 0 Å². The van der Waals surface area contributed by atoms with Gasteiger partial charge in [-0.1, -0.05) is 13.8 Å². The third-order valence-corrected chi connectivity index (χ3v) is 3.37. The smallest absolute Gasteiger partial charge is 0.0198 e. The Hall–Kier alpha value is -0.0800. The third kappa shape index (κ3) is 2.68. The number of likely N-dealkylation sites (N-methyl/N-ethyl adjacent to an activating group) is 1. The third-order valence-electron chi connectivity index (χ3n) is 3.37. The fraction of sp³-hybridized carbons (Fsp3) is 1.00. The molecule has 0 aromatic carbocycles. The lowest BCUT2D eigenvalue weighted by molar-refractivity contribution is 0.0561. The van der Waals surface area contributed by atoms with Gasteiger partial charge in [-0.15, -0.1) is 0 Å². The number of rotatable bonds is 3. The van der Waals surface area contributed by atoms with E-state index in [9.17, 15) is 0 Å². The van der Waals surface area contributed by atoms with Gasteiger partial charge in [0.15, 0.2) is 0 Å². The molecule has 0 saturated carbocycles. The molecule has 2 heteroatoms. The van der Waals surface area contributed by atoms with Crippen molar-refractivity contribution in [1.29, 1.82) is 0 Å². The minimum atomic E-state index is 0.739. The monoisotopic (exact) mass is 184 g/mol. The summed E-state index contributed by atoms with van der Waals surface area (Å²) in [5.74, 6) is 0. The van der Waals surface area contributed by atoms with Crippen molar-refractivity contribution in [2.75, 3.05) is 26.2 Å². The largest absolute Gasteiger partial charge is 0.301 e. The lowest BCUT2D eigenvalue weighted by Crippen LogP contribution is -2.54. The molecule has 1 fully saturated rings. The van der Waals surface area contributed by atoms with Gasteiger partial charge in [0.2, 0.25) is 0 Å². The van der Waals surface area contributed by atoms with Crippen molar-refractivity contribution in [3.63, 3.8) is 0 Å². The molecule has 78 valence electrons. The Morgan fingerprint density at radius 2 is 2.00 bits per heavy atom. The Kier molecular flexibility index (Phi) is 4.20. The molecule has 0 aromatic heterocycles. The molecule has 0 radical (unpaired) electrons. The van der Waals surface area contributed by atoms with Crippen LogP contribution in [0.2, 0.25) is 0 Å². The van der Waals surface area contributed by atoms with Gasteiger partial charge in [-0.3, -0.25) is 4.90 Å². The molecule has 0 N–H and O–H groups in total. The van der Waals surface area contributed by atoms with E-state index in [-0.39, 0.29) is 0 Å². The quantitative estimate of drug-likeness (QED) is 0.660. The fourth-order valence-electron chi connectivity index (χ4n) is 2.22. The van der Waals surface area contributed by atoms with Crippen molar-refractivity contribution in [3.05, 3.63) is 0 Å². The zero-order chi connectivity index (χ0) is 9.84. The standard InChI is InChI=1S/C11H24N2/c1-5-10(3)13-8-7-12(6-2)9-11(13)4/h10-11H,5-9H2,1-4H3/t10?,11-/m1/s1. The van der Waals surface area contributed by atoms with Crippen molar-refractivity contribution in [2.24, 2.45) is 0 Å². The van der Waals surface area contributed by atoms with Gasteiger partial charge < -0.3 is 4.90 Å². The van der Waals surface area contributed by atoms with E-state index in [0.29, 0.717) is 0 Å². The molecule has 1 saturated heterocycles. The molecule has 1 aliphatic rings. The van der Waals surface area contributed by atoms with E-state index >= 15 is 0 Å². The number of nitrogens with zero attached hydrogens (tertiary/aromatic N) is 2. The van der Waals surface area contributed by atoms with E-state index in [2.05, 4.69) is 37.5 Å². The highest BCUT2D eigenvalue weighted by Crippen LogP contribution is 2.14. The van der Waals surface area contributed by atoms with E-state index < -0.39 is 0 Å². The Bertz CT molecular complexity index is 147. The van der Waals surface area contributed by atoms with Crippen molar-refractivity contribution < 1.29 is 0 Å². The first-order chi connectivity index (χ1) is 6.19. The molecule has 13 heavy (non-hydrogen) atoms. The van der Waals surface area contributed by atoms with Crippen LogP contribution in [0.1, 0.15) is 34.1 Å². The molecule has 0 bridgehead atoms. The topological polar surface area (TPSA) is 6.48 Å². The lowest BCUT2D eigenvalue weighted by atomic mass is 10.1. The average molecular weight is 184 g/mol. The van der Waals surface area contributed by atoms with E-state index in [0.717, 1.165) is 12.1 Å². The summed E-state index contributed by atoms with van der Waals surface area (Å²) in [6, 6.07) is 1.50. The van der Waals surface area contributed by atoms with Crippen molar-refractivity contribution in [3.8, 4) is 0 Å². The molecule has 2 atom stereocenters. The van der Waals surface area contributed by atoms with Crippen LogP contribution in [0.4, 0.5) is 0 Å². The van der Waals surface area contributed by atoms with E-state index in [1.807, 2.05) is 0 Å². The van der Waals surface area contributed by atoms with E-state index in [1.165, 1.54) is 32.6 Å². The maximum absolute atomic E-state index is 2.64. The molecule has 1 unspecified atom stereocenters. The van der Waals surface area contributed by atoms with Gasteiger partial charge in [0, 0.05) is 31.7 Å². The summed E-state index contributed by atoms with van der Waals surface area (Å²) in [6.07, 6.45) is 1.27. The van der Waals surface area contributed by atoms with Crippen molar-refractivity contribution >= 4 is 0 Å². The second kappa shape index (κ2) is 4.97. The van der Waals surface area contributed by atoms with E-state index in [1.54, 1.807) is 0 Å². The van der Waals surface area contributed by atoms with Crippen LogP contribution >= 0.6 is 0 Å². The summed E-state index contributed by atoms with van der Waals surface area (Å²) >= 11 is 0. The Labute approximate surface area is 82.9 Å². The zero-order valence-corrected chi connectivity index (χ0v) is 9.58. The predicted molar refractivity (Wildman–Crippen MR) is 58.0 cm³/mol. The summed E-state index contributed by atoms with van der Waals surface area (Å²) in [5, 5.41) is 0. The van der Waals surface area contributed by atoms with Crippen LogP contribution in [0.5, 0.6) is 0 Å². The fourth-order valence-corrected chi connectivity index (χ4v) is 2.22. The second-order valence-electron chi connectivity index (χ2n) is 4.24. The summed E-state index contributed by atoms with van der Waals surface area (Å²) in [5.41, 5.74) is 0. The first-order valence-electron chi connectivity index (χ1n) is 5.67. The molecule has 0 aliphatic carbocycles. The summed E-state index contributed by atoms with van der Waals surface area (Å²) < 4.78 is 0. The highest BCUT2D eigenvalue weighted by Gasteiger charge is 2.25. The van der Waals surface area contributed by atoms with Gasteiger partial charge in [0.05, 0.1) is 0 Å². The Morgan fingerprint density at radius 3 is 2.46 bits per heavy atom. The van der Waals surface area contributed by atoms with Crippen LogP contribution in [-0.4, -0.2) is 48.1 Å². The Balaban J connectivity index is 2.43. The number of hydrogen-bond acceptors (Lipinski definition) is 2. The summed E-state index contributed by atoms with van der Waals surface area (Å²) in [7, 11) is 0. The first kappa shape index (κ1) is 11.0. The van der Waals surface area contributed by atoms with Crippen LogP contribution in [-0.2, 0) is 0 Å². The molecule has 0 aromatic rings. The molecule has 2 nitrogen and oxygen atoms in total. The minimum absolute atomic E-state index is 0.739. The van der Waals surface area contributed by atoms with Crippen molar-refractivity contribution in [2.45, 2.75) is 46.2 Å². The van der Waals surface area contributed by atoms with Crippen LogP contribution in [0.25, 0.3) is 0 Å². The van der Waals surface area contributed by atoms with Crippen LogP contribution in [0.15, 0.2) is 0 Å². The summed E-state index contributed by atoms with van der Waals surface area (Å²) in [6.45, 7) is 14.2. The van der Waals surface area contributed by atoms with Crippen molar-refractivity contribution in [1.82, 2.24) is 9.80 Å². The maximum Gasteiger partial charge on any atom is 0.0198 e. The maximum atomic E-state index is 2.64. The average Bonchev–Trinajstić information content (AvgIpc) is 2.16. The van der Waals surface area contributed by atoms with Gasteiger partial charge in [0.1, 0.15) is 0 Å². The van der Waals surface area contributed by atoms with Gasteiger partial charge in [-0.25, -0.2) is 0 Å². The zero-order valence-electron chi connectivity index (χ0n) is 9.58. The number of hydrogen-bond donors (Lipinski definition) is 0.